The number of para-hydroxylation sites is 1. The van der Waals surface area contributed by atoms with Crippen molar-refractivity contribution >= 4 is 50.7 Å². The number of carbonyl (C=O) groups is 2. The Bertz CT molecular complexity index is 1480. The van der Waals surface area contributed by atoms with Crippen LogP contribution in [0.1, 0.15) is 36.8 Å². The van der Waals surface area contributed by atoms with Crippen molar-refractivity contribution in [1.29, 1.82) is 0 Å². The van der Waals surface area contributed by atoms with E-state index in [4.69, 9.17) is 23.2 Å². The van der Waals surface area contributed by atoms with Crippen LogP contribution in [0.3, 0.4) is 0 Å². The van der Waals surface area contributed by atoms with Gasteiger partial charge in [-0.1, -0.05) is 84.6 Å². The molecule has 1 atom stereocenters. The number of hydrogen-bond donors (Lipinski definition) is 1. The normalized spacial score (nSPS) is 14.4. The molecule has 1 saturated carbocycles. The summed E-state index contributed by atoms with van der Waals surface area (Å²) >= 11 is 12.4. The first kappa shape index (κ1) is 30.8. The fourth-order valence-electron chi connectivity index (χ4n) is 5.00. The molecule has 1 fully saturated rings. The number of anilines is 1. The van der Waals surface area contributed by atoms with E-state index in [1.165, 1.54) is 23.1 Å². The summed E-state index contributed by atoms with van der Waals surface area (Å²) in [5.41, 5.74) is 1.16. The summed E-state index contributed by atoms with van der Waals surface area (Å²) in [7, 11) is -4.07. The van der Waals surface area contributed by atoms with E-state index < -0.39 is 34.3 Å². The van der Waals surface area contributed by atoms with Gasteiger partial charge in [0.2, 0.25) is 21.8 Å². The second-order valence-electron chi connectivity index (χ2n) is 10.2. The Balaban J connectivity index is 1.74. The molecule has 0 spiro atoms. The van der Waals surface area contributed by atoms with Gasteiger partial charge >= 0.3 is 0 Å². The Morgan fingerprint density at radius 1 is 0.951 bits per heavy atom. The van der Waals surface area contributed by atoms with Gasteiger partial charge < -0.3 is 10.2 Å². The summed E-state index contributed by atoms with van der Waals surface area (Å²) in [5.74, 6) is -1.81. The lowest BCUT2D eigenvalue weighted by Gasteiger charge is -2.34. The zero-order chi connectivity index (χ0) is 29.6. The minimum atomic E-state index is -4.07. The summed E-state index contributed by atoms with van der Waals surface area (Å²) in [6, 6.07) is 18.5. The summed E-state index contributed by atoms with van der Waals surface area (Å²) in [6.07, 6.45) is 4.80. The zero-order valence-corrected chi connectivity index (χ0v) is 24.9. The molecule has 1 N–H and O–H groups in total. The van der Waals surface area contributed by atoms with E-state index >= 15 is 0 Å². The Labute approximate surface area is 250 Å². The van der Waals surface area contributed by atoms with Gasteiger partial charge in [0.15, 0.2) is 0 Å². The Morgan fingerprint density at radius 2 is 1.61 bits per heavy atom. The standard InChI is InChI=1S/C30H32Cl2FN3O4S/c1-41(39,40)36(27-14-8-7-13-26(27)33)20-29(37)35(19-22-15-16-24(31)25(32)17-22)28(18-21-9-3-2-4-10-21)30(38)34-23-11-5-6-12-23/h2-4,7-10,13-17,23,28H,5-6,11-12,18-20H2,1H3,(H,34,38)/t28-/m0/s1. The highest BCUT2D eigenvalue weighted by atomic mass is 35.5. The monoisotopic (exact) mass is 619 g/mol. The molecule has 0 saturated heterocycles. The van der Waals surface area contributed by atoms with Gasteiger partial charge in [-0.25, -0.2) is 12.8 Å². The maximum Gasteiger partial charge on any atom is 0.244 e. The number of rotatable bonds is 11. The predicted molar refractivity (Wildman–Crippen MR) is 160 cm³/mol. The molecule has 218 valence electrons. The highest BCUT2D eigenvalue weighted by Crippen LogP contribution is 2.26. The van der Waals surface area contributed by atoms with Crippen molar-refractivity contribution in [1.82, 2.24) is 10.2 Å². The van der Waals surface area contributed by atoms with Crippen LogP contribution in [0.4, 0.5) is 10.1 Å². The van der Waals surface area contributed by atoms with Crippen molar-refractivity contribution in [3.8, 4) is 0 Å². The maximum atomic E-state index is 14.7. The lowest BCUT2D eigenvalue weighted by molar-refractivity contribution is -0.140. The highest BCUT2D eigenvalue weighted by molar-refractivity contribution is 7.92. The minimum absolute atomic E-state index is 0.00589. The van der Waals surface area contributed by atoms with Crippen molar-refractivity contribution in [2.45, 2.75) is 50.7 Å². The molecule has 0 heterocycles. The topological polar surface area (TPSA) is 86.8 Å². The first-order valence-corrected chi connectivity index (χ1v) is 15.9. The second-order valence-corrected chi connectivity index (χ2v) is 12.9. The molecular weight excluding hydrogens is 588 g/mol. The molecule has 0 aromatic heterocycles. The van der Waals surface area contributed by atoms with Crippen molar-refractivity contribution in [3.63, 3.8) is 0 Å². The van der Waals surface area contributed by atoms with E-state index in [2.05, 4.69) is 5.32 Å². The fourth-order valence-corrected chi connectivity index (χ4v) is 6.18. The van der Waals surface area contributed by atoms with E-state index in [9.17, 15) is 22.4 Å². The van der Waals surface area contributed by atoms with Crippen LogP contribution < -0.4 is 9.62 Å². The number of hydrogen-bond acceptors (Lipinski definition) is 4. The van der Waals surface area contributed by atoms with Gasteiger partial charge in [0, 0.05) is 19.0 Å². The van der Waals surface area contributed by atoms with E-state index in [-0.39, 0.29) is 35.6 Å². The van der Waals surface area contributed by atoms with Gasteiger partial charge in [-0.2, -0.15) is 0 Å². The summed E-state index contributed by atoms with van der Waals surface area (Å²) < 4.78 is 41.0. The van der Waals surface area contributed by atoms with Gasteiger partial charge in [0.25, 0.3) is 0 Å². The van der Waals surface area contributed by atoms with Gasteiger partial charge in [-0.15, -0.1) is 0 Å². The van der Waals surface area contributed by atoms with Gasteiger partial charge in [0.05, 0.1) is 22.0 Å². The number of nitrogens with one attached hydrogen (secondary N) is 1. The zero-order valence-electron chi connectivity index (χ0n) is 22.6. The molecule has 41 heavy (non-hydrogen) atoms. The van der Waals surface area contributed by atoms with Crippen LogP contribution >= 0.6 is 23.2 Å². The van der Waals surface area contributed by atoms with Gasteiger partial charge in [-0.05, 0) is 48.2 Å². The summed E-state index contributed by atoms with van der Waals surface area (Å²) in [4.78, 5) is 29.2. The van der Waals surface area contributed by atoms with Crippen LogP contribution in [0, 0.1) is 5.82 Å². The second kappa shape index (κ2) is 13.7. The van der Waals surface area contributed by atoms with Crippen LogP contribution in [0.5, 0.6) is 0 Å². The predicted octanol–water partition coefficient (Wildman–Crippen LogP) is 5.60. The lowest BCUT2D eigenvalue weighted by Crippen LogP contribution is -2.54. The van der Waals surface area contributed by atoms with Crippen LogP contribution in [-0.4, -0.2) is 50.0 Å². The van der Waals surface area contributed by atoms with Crippen molar-refractivity contribution in [3.05, 3.63) is 99.8 Å². The van der Waals surface area contributed by atoms with Crippen LogP contribution in [0.25, 0.3) is 0 Å². The Hall–Kier alpha value is -3.14. The van der Waals surface area contributed by atoms with Crippen LogP contribution in [-0.2, 0) is 32.6 Å². The number of nitrogens with zero attached hydrogens (tertiary/aromatic N) is 2. The van der Waals surface area contributed by atoms with Crippen LogP contribution in [0.15, 0.2) is 72.8 Å². The molecule has 2 amide bonds. The van der Waals surface area contributed by atoms with E-state index in [0.717, 1.165) is 47.9 Å². The van der Waals surface area contributed by atoms with Crippen molar-refractivity contribution in [2.24, 2.45) is 0 Å². The molecule has 1 aliphatic rings. The Kier molecular flexibility index (Phi) is 10.3. The molecule has 11 heteroatoms. The largest absolute Gasteiger partial charge is 0.352 e. The third-order valence-electron chi connectivity index (χ3n) is 7.11. The van der Waals surface area contributed by atoms with Crippen molar-refractivity contribution < 1.29 is 22.4 Å². The third-order valence-corrected chi connectivity index (χ3v) is 8.98. The SMILES string of the molecule is CS(=O)(=O)N(CC(=O)N(Cc1ccc(Cl)c(Cl)c1)[C@@H](Cc1ccccc1)C(=O)NC1CCCC1)c1ccccc1F. The number of carbonyl (C=O) groups excluding carboxylic acids is 2. The molecular formula is C30H32Cl2FN3O4S. The van der Waals surface area contributed by atoms with Crippen molar-refractivity contribution in [2.75, 3.05) is 17.1 Å². The summed E-state index contributed by atoms with van der Waals surface area (Å²) in [6.45, 7) is -0.761. The molecule has 4 rings (SSSR count). The number of benzene rings is 3. The van der Waals surface area contributed by atoms with Gasteiger partial charge in [0.1, 0.15) is 18.4 Å². The third kappa shape index (κ3) is 8.21. The molecule has 7 nitrogen and oxygen atoms in total. The molecule has 3 aromatic carbocycles. The van der Waals surface area contributed by atoms with E-state index in [1.54, 1.807) is 18.2 Å². The highest BCUT2D eigenvalue weighted by Gasteiger charge is 2.34. The molecule has 0 bridgehead atoms. The molecule has 0 aliphatic heterocycles. The fraction of sp³-hybridized carbons (Fsp3) is 0.333. The first-order valence-electron chi connectivity index (χ1n) is 13.3. The first-order chi connectivity index (χ1) is 19.5. The maximum absolute atomic E-state index is 14.7. The molecule has 3 aromatic rings. The molecule has 1 aliphatic carbocycles. The number of sulfonamides is 1. The molecule has 0 unspecified atom stereocenters. The minimum Gasteiger partial charge on any atom is -0.352 e. The van der Waals surface area contributed by atoms with E-state index in [0.29, 0.717) is 10.6 Å². The van der Waals surface area contributed by atoms with E-state index in [1.807, 2.05) is 30.3 Å². The number of amides is 2. The average molecular weight is 621 g/mol. The molecule has 0 radical (unpaired) electrons. The smallest absolute Gasteiger partial charge is 0.244 e. The quantitative estimate of drug-likeness (QED) is 0.303. The Morgan fingerprint density at radius 3 is 2.24 bits per heavy atom. The lowest BCUT2D eigenvalue weighted by atomic mass is 10.0. The van der Waals surface area contributed by atoms with Crippen LogP contribution in [0.2, 0.25) is 10.0 Å². The van der Waals surface area contributed by atoms with Gasteiger partial charge in [-0.3, -0.25) is 13.9 Å². The summed E-state index contributed by atoms with van der Waals surface area (Å²) in [5, 5.41) is 3.70. The number of halogens is 3. The average Bonchev–Trinajstić information content (AvgIpc) is 3.44.